The first kappa shape index (κ1) is 19.6. The van der Waals surface area contributed by atoms with Gasteiger partial charge in [0.15, 0.2) is 0 Å². The van der Waals surface area contributed by atoms with Crippen LogP contribution < -0.4 is 0 Å². The van der Waals surface area contributed by atoms with Crippen molar-refractivity contribution in [2.24, 2.45) is 0 Å². The molecule has 5 heteroatoms. The molecule has 2 amide bonds. The summed E-state index contributed by atoms with van der Waals surface area (Å²) >= 11 is 0. The Balaban J connectivity index is 1.67. The first-order valence-corrected chi connectivity index (χ1v) is 10.4. The Kier molecular flexibility index (Phi) is 5.15. The van der Waals surface area contributed by atoms with Gasteiger partial charge in [0, 0.05) is 30.3 Å². The summed E-state index contributed by atoms with van der Waals surface area (Å²) in [7, 11) is 0. The van der Waals surface area contributed by atoms with Crippen molar-refractivity contribution < 1.29 is 14.0 Å². The number of likely N-dealkylation sites (tertiary alicyclic amines) is 2. The van der Waals surface area contributed by atoms with Gasteiger partial charge in [-0.1, -0.05) is 30.3 Å². The zero-order valence-corrected chi connectivity index (χ0v) is 17.0. The number of amides is 2. The first-order valence-electron chi connectivity index (χ1n) is 10.4. The second kappa shape index (κ2) is 7.62. The number of benzene rings is 2. The molecular formula is C24H27FN2O2. The molecule has 2 aliphatic heterocycles. The average molecular weight is 394 g/mol. The van der Waals surface area contributed by atoms with Crippen LogP contribution in [-0.2, 0) is 4.79 Å². The number of hydrogen-bond donors (Lipinski definition) is 0. The highest BCUT2D eigenvalue weighted by Gasteiger charge is 2.53. The molecule has 1 unspecified atom stereocenters. The fourth-order valence-corrected chi connectivity index (χ4v) is 4.84. The predicted octanol–water partition coefficient (Wildman–Crippen LogP) is 4.50. The number of carbonyl (C=O) groups is 2. The second-order valence-electron chi connectivity index (χ2n) is 8.35. The van der Waals surface area contributed by atoms with Crippen LogP contribution in [-0.4, -0.2) is 46.3 Å². The van der Waals surface area contributed by atoms with Gasteiger partial charge < -0.3 is 9.80 Å². The number of halogens is 1. The lowest BCUT2D eigenvalue weighted by molar-refractivity contribution is -0.147. The third-order valence-electron chi connectivity index (χ3n) is 6.30. The summed E-state index contributed by atoms with van der Waals surface area (Å²) in [5.74, 6) is -0.376. The molecule has 2 heterocycles. The molecule has 1 spiro atoms. The predicted molar refractivity (Wildman–Crippen MR) is 111 cm³/mol. The van der Waals surface area contributed by atoms with Crippen molar-refractivity contribution >= 4 is 11.8 Å². The quantitative estimate of drug-likeness (QED) is 0.769. The molecule has 1 atom stereocenters. The summed E-state index contributed by atoms with van der Waals surface area (Å²) in [5, 5.41) is 0. The standard InChI is InChI=1S/C24H27FN2O2/c1-17(2)26-14-6-12-24(23(26)29)13-7-15-27(24)22(28)19-9-5-8-18(16-19)20-10-3-4-11-21(20)25/h3-5,8-11,16-17H,6-7,12-15H2,1-2H3. The van der Waals surface area contributed by atoms with Crippen molar-refractivity contribution in [1.82, 2.24) is 9.80 Å². The van der Waals surface area contributed by atoms with Gasteiger partial charge in [-0.2, -0.15) is 0 Å². The second-order valence-corrected chi connectivity index (χ2v) is 8.35. The molecule has 29 heavy (non-hydrogen) atoms. The summed E-state index contributed by atoms with van der Waals surface area (Å²) in [6, 6.07) is 13.8. The molecule has 0 aliphatic carbocycles. The molecule has 0 aromatic heterocycles. The van der Waals surface area contributed by atoms with Gasteiger partial charge in [0.1, 0.15) is 11.4 Å². The first-order chi connectivity index (χ1) is 13.9. The van der Waals surface area contributed by atoms with Crippen LogP contribution in [0.25, 0.3) is 11.1 Å². The molecule has 0 radical (unpaired) electrons. The highest BCUT2D eigenvalue weighted by Crippen LogP contribution is 2.40. The van der Waals surface area contributed by atoms with Crippen molar-refractivity contribution in [2.45, 2.75) is 51.1 Å². The Bertz CT molecular complexity index is 942. The third-order valence-corrected chi connectivity index (χ3v) is 6.30. The van der Waals surface area contributed by atoms with Gasteiger partial charge in [0.05, 0.1) is 0 Å². The van der Waals surface area contributed by atoms with Crippen LogP contribution in [0.2, 0.25) is 0 Å². The van der Waals surface area contributed by atoms with Gasteiger partial charge in [0.25, 0.3) is 5.91 Å². The molecule has 4 nitrogen and oxygen atoms in total. The van der Waals surface area contributed by atoms with Crippen molar-refractivity contribution in [3.63, 3.8) is 0 Å². The molecule has 2 aromatic rings. The number of nitrogens with zero attached hydrogens (tertiary/aromatic N) is 2. The van der Waals surface area contributed by atoms with Crippen molar-refractivity contribution in [3.05, 3.63) is 59.9 Å². The molecule has 0 N–H and O–H groups in total. The zero-order chi connectivity index (χ0) is 20.6. The van der Waals surface area contributed by atoms with Gasteiger partial charge >= 0.3 is 0 Å². The van der Waals surface area contributed by atoms with E-state index in [0.717, 1.165) is 19.4 Å². The SMILES string of the molecule is CC(C)N1CCCC2(CCCN2C(=O)c2cccc(-c3ccccc3F)c2)C1=O. The van der Waals surface area contributed by atoms with Crippen molar-refractivity contribution in [2.75, 3.05) is 13.1 Å². The Morgan fingerprint density at radius 2 is 1.76 bits per heavy atom. The minimum Gasteiger partial charge on any atom is -0.338 e. The van der Waals surface area contributed by atoms with E-state index in [2.05, 4.69) is 0 Å². The molecule has 2 aliphatic rings. The van der Waals surface area contributed by atoms with E-state index in [1.807, 2.05) is 18.7 Å². The van der Waals surface area contributed by atoms with Crippen LogP contribution in [0.4, 0.5) is 4.39 Å². The van der Waals surface area contributed by atoms with Gasteiger partial charge in [-0.05, 0) is 63.3 Å². The Labute approximate surface area is 171 Å². The average Bonchev–Trinajstić information content (AvgIpc) is 3.14. The van der Waals surface area contributed by atoms with Gasteiger partial charge in [-0.15, -0.1) is 0 Å². The maximum absolute atomic E-state index is 14.2. The van der Waals surface area contributed by atoms with Crippen LogP contribution in [0.5, 0.6) is 0 Å². The van der Waals surface area contributed by atoms with Crippen LogP contribution in [0.3, 0.4) is 0 Å². The lowest BCUT2D eigenvalue weighted by Crippen LogP contribution is -2.62. The largest absolute Gasteiger partial charge is 0.338 e. The summed E-state index contributed by atoms with van der Waals surface area (Å²) in [6.45, 7) is 5.38. The number of carbonyl (C=O) groups excluding carboxylic acids is 2. The van der Waals surface area contributed by atoms with E-state index in [4.69, 9.17) is 0 Å². The maximum atomic E-state index is 14.2. The molecule has 2 saturated heterocycles. The van der Waals surface area contributed by atoms with E-state index >= 15 is 0 Å². The fraction of sp³-hybridized carbons (Fsp3) is 0.417. The Hall–Kier alpha value is -2.69. The highest BCUT2D eigenvalue weighted by molar-refractivity contribution is 6.00. The van der Waals surface area contributed by atoms with Gasteiger partial charge in [-0.3, -0.25) is 9.59 Å². The Morgan fingerprint density at radius 3 is 2.48 bits per heavy atom. The van der Waals surface area contributed by atoms with Crippen LogP contribution in [0.15, 0.2) is 48.5 Å². The fourth-order valence-electron chi connectivity index (χ4n) is 4.84. The molecular weight excluding hydrogens is 367 g/mol. The summed E-state index contributed by atoms with van der Waals surface area (Å²) in [5.41, 5.74) is 0.911. The van der Waals surface area contributed by atoms with Crippen molar-refractivity contribution in [1.29, 1.82) is 0 Å². The van der Waals surface area contributed by atoms with Crippen LogP contribution in [0.1, 0.15) is 49.9 Å². The normalized spacial score (nSPS) is 22.0. The zero-order valence-electron chi connectivity index (χ0n) is 17.0. The lowest BCUT2D eigenvalue weighted by atomic mass is 9.84. The maximum Gasteiger partial charge on any atom is 0.254 e. The van der Waals surface area contributed by atoms with E-state index in [1.54, 1.807) is 47.4 Å². The molecule has 0 bridgehead atoms. The smallest absolute Gasteiger partial charge is 0.254 e. The molecule has 2 aromatic carbocycles. The van der Waals surface area contributed by atoms with E-state index in [-0.39, 0.29) is 23.7 Å². The molecule has 4 rings (SSSR count). The van der Waals surface area contributed by atoms with E-state index in [1.165, 1.54) is 6.07 Å². The topological polar surface area (TPSA) is 40.6 Å². The summed E-state index contributed by atoms with van der Waals surface area (Å²) in [6.07, 6.45) is 3.17. The third kappa shape index (κ3) is 3.33. The summed E-state index contributed by atoms with van der Waals surface area (Å²) in [4.78, 5) is 30.5. The van der Waals surface area contributed by atoms with Crippen molar-refractivity contribution in [3.8, 4) is 11.1 Å². The van der Waals surface area contributed by atoms with E-state index in [0.29, 0.717) is 36.1 Å². The Morgan fingerprint density at radius 1 is 1.03 bits per heavy atom. The van der Waals surface area contributed by atoms with E-state index < -0.39 is 5.54 Å². The minimum absolute atomic E-state index is 0.0786. The summed E-state index contributed by atoms with van der Waals surface area (Å²) < 4.78 is 14.2. The highest BCUT2D eigenvalue weighted by atomic mass is 19.1. The molecule has 0 saturated carbocycles. The molecule has 2 fully saturated rings. The van der Waals surface area contributed by atoms with Gasteiger partial charge in [-0.25, -0.2) is 4.39 Å². The van der Waals surface area contributed by atoms with Crippen LogP contribution in [0, 0.1) is 5.82 Å². The number of hydrogen-bond acceptors (Lipinski definition) is 2. The van der Waals surface area contributed by atoms with Crippen LogP contribution >= 0.6 is 0 Å². The number of rotatable bonds is 3. The van der Waals surface area contributed by atoms with E-state index in [9.17, 15) is 14.0 Å². The monoisotopic (exact) mass is 394 g/mol. The minimum atomic E-state index is -0.729. The lowest BCUT2D eigenvalue weighted by Gasteiger charge is -2.46. The molecule has 152 valence electrons. The van der Waals surface area contributed by atoms with Gasteiger partial charge in [0.2, 0.25) is 5.91 Å². The number of piperidine rings is 1.